The van der Waals surface area contributed by atoms with Crippen LogP contribution in [0.25, 0.3) is 22.5 Å². The zero-order valence-electron chi connectivity index (χ0n) is 23.3. The number of hydrogen-bond donors (Lipinski definition) is 2. The van der Waals surface area contributed by atoms with Crippen LogP contribution in [0.3, 0.4) is 0 Å². The fourth-order valence-electron chi connectivity index (χ4n) is 5.54. The summed E-state index contributed by atoms with van der Waals surface area (Å²) >= 11 is 0. The van der Waals surface area contributed by atoms with Gasteiger partial charge in [-0.3, -0.25) is 4.79 Å². The van der Waals surface area contributed by atoms with Crippen molar-refractivity contribution >= 4 is 41.3 Å². The molecule has 0 unspecified atom stereocenters. The molecule has 2 fully saturated rings. The van der Waals surface area contributed by atoms with Gasteiger partial charge in [0.05, 0.1) is 12.7 Å². The zero-order chi connectivity index (χ0) is 28.3. The summed E-state index contributed by atoms with van der Waals surface area (Å²) in [5.41, 5.74) is 10.5. The summed E-state index contributed by atoms with van der Waals surface area (Å²) < 4.78 is 20.0. The van der Waals surface area contributed by atoms with E-state index < -0.39 is 5.82 Å². The molecule has 2 aliphatic heterocycles. The maximum atomic E-state index is 14.7. The Morgan fingerprint density at radius 1 is 1.05 bits per heavy atom. The largest absolute Gasteiger partial charge is 0.496 e. The minimum atomic E-state index is -0.465. The number of nitrogens with zero attached hydrogens (tertiary/aromatic N) is 5. The molecule has 2 saturated heterocycles. The molecule has 11 heteroatoms. The van der Waals surface area contributed by atoms with Crippen molar-refractivity contribution in [3.63, 3.8) is 0 Å². The van der Waals surface area contributed by atoms with Gasteiger partial charge in [0.25, 0.3) is 0 Å². The average molecular weight is 590 g/mol. The number of piperidine rings is 1. The van der Waals surface area contributed by atoms with Gasteiger partial charge in [0.2, 0.25) is 5.91 Å². The highest BCUT2D eigenvalue weighted by Crippen LogP contribution is 2.36. The number of nitrogens with two attached hydrogens (primary N) is 1. The number of methoxy groups -OCH3 is 1. The Balaban J connectivity index is 0.00000353. The maximum absolute atomic E-state index is 14.7. The van der Waals surface area contributed by atoms with Crippen LogP contribution < -0.4 is 25.6 Å². The first-order valence-corrected chi connectivity index (χ1v) is 13.8. The Kier molecular flexibility index (Phi) is 8.84. The van der Waals surface area contributed by atoms with Crippen molar-refractivity contribution in [2.75, 3.05) is 41.9 Å². The van der Waals surface area contributed by atoms with Gasteiger partial charge >= 0.3 is 0 Å². The standard InChI is InChI=1S/C31H32FN7O2.ClH/c1-41-26-7-2-6-24(32)30(26)31-34-14-13-27(37-31)36-28-17-25(38-15-3-5-21(33)19-38)23(18-35-28)20-9-11-22(12-10-20)39-16-4-8-29(39)40;/h2,6-7,9-14,17-18,21H,3-5,8,15-16,19,33H2,1H3,(H,34,35,36,37);1H/t21-;/m0./s1. The summed E-state index contributed by atoms with van der Waals surface area (Å²) in [7, 11) is 1.49. The fraction of sp³-hybridized carbons (Fsp3) is 0.290. The summed E-state index contributed by atoms with van der Waals surface area (Å²) in [4.78, 5) is 29.9. The van der Waals surface area contributed by atoms with Crippen LogP contribution in [0.2, 0.25) is 0 Å². The Bertz CT molecular complexity index is 1570. The number of halogens is 2. The van der Waals surface area contributed by atoms with Crippen LogP contribution in [0.4, 0.5) is 27.4 Å². The van der Waals surface area contributed by atoms with Gasteiger partial charge in [-0.25, -0.2) is 19.3 Å². The molecule has 4 heterocycles. The Morgan fingerprint density at radius 3 is 2.62 bits per heavy atom. The Morgan fingerprint density at radius 2 is 1.88 bits per heavy atom. The molecular formula is C31H33ClFN7O2. The minimum Gasteiger partial charge on any atom is -0.496 e. The van der Waals surface area contributed by atoms with Gasteiger partial charge in [0.1, 0.15) is 23.2 Å². The molecule has 9 nitrogen and oxygen atoms in total. The van der Waals surface area contributed by atoms with E-state index in [0.29, 0.717) is 23.8 Å². The molecule has 3 N–H and O–H groups in total. The third-order valence-corrected chi connectivity index (χ3v) is 7.57. The first kappa shape index (κ1) is 29.2. The lowest BCUT2D eigenvalue weighted by atomic mass is 10.0. The second kappa shape index (κ2) is 12.7. The first-order chi connectivity index (χ1) is 20.0. The first-order valence-electron chi connectivity index (χ1n) is 13.8. The summed E-state index contributed by atoms with van der Waals surface area (Å²) in [5, 5.41) is 3.26. The van der Waals surface area contributed by atoms with Crippen LogP contribution >= 0.6 is 12.4 Å². The van der Waals surface area contributed by atoms with Crippen molar-refractivity contribution in [2.45, 2.75) is 31.7 Å². The quantitative estimate of drug-likeness (QED) is 0.288. The summed E-state index contributed by atoms with van der Waals surface area (Å²) in [6.07, 6.45) is 6.89. The molecule has 0 saturated carbocycles. The zero-order valence-corrected chi connectivity index (χ0v) is 24.1. The van der Waals surface area contributed by atoms with E-state index in [1.807, 2.05) is 41.4 Å². The predicted octanol–water partition coefficient (Wildman–Crippen LogP) is 5.57. The minimum absolute atomic E-state index is 0. The van der Waals surface area contributed by atoms with Crippen molar-refractivity contribution in [1.82, 2.24) is 15.0 Å². The highest BCUT2D eigenvalue weighted by atomic mass is 35.5. The number of anilines is 4. The molecule has 0 bridgehead atoms. The number of rotatable bonds is 7. The number of benzene rings is 2. The van der Waals surface area contributed by atoms with Gasteiger partial charge in [0, 0.05) is 67.5 Å². The van der Waals surface area contributed by atoms with E-state index in [-0.39, 0.29) is 35.7 Å². The molecule has 0 radical (unpaired) electrons. The third-order valence-electron chi connectivity index (χ3n) is 7.57. The molecule has 2 aromatic carbocycles. The third kappa shape index (κ3) is 6.00. The van der Waals surface area contributed by atoms with Crippen molar-refractivity contribution in [3.8, 4) is 28.3 Å². The van der Waals surface area contributed by atoms with Gasteiger partial charge in [-0.1, -0.05) is 18.2 Å². The van der Waals surface area contributed by atoms with Gasteiger partial charge in [-0.05, 0) is 55.2 Å². The normalized spacial score (nSPS) is 16.7. The van der Waals surface area contributed by atoms with E-state index in [1.54, 1.807) is 24.4 Å². The van der Waals surface area contributed by atoms with Crippen LogP contribution in [-0.2, 0) is 4.79 Å². The summed E-state index contributed by atoms with van der Waals surface area (Å²) in [6, 6.07) is 16.5. The molecule has 1 amide bonds. The van der Waals surface area contributed by atoms with E-state index in [1.165, 1.54) is 13.2 Å². The molecule has 0 aliphatic carbocycles. The van der Waals surface area contributed by atoms with E-state index >= 15 is 0 Å². The van der Waals surface area contributed by atoms with Crippen LogP contribution in [0.1, 0.15) is 25.7 Å². The van der Waals surface area contributed by atoms with Crippen LogP contribution in [0, 0.1) is 5.82 Å². The van der Waals surface area contributed by atoms with Crippen LogP contribution in [-0.4, -0.2) is 53.6 Å². The maximum Gasteiger partial charge on any atom is 0.227 e. The van der Waals surface area contributed by atoms with E-state index in [2.05, 4.69) is 20.2 Å². The SMILES string of the molecule is COc1cccc(F)c1-c1nccc(Nc2cc(N3CCC[C@H](N)C3)c(-c3ccc(N4CCCC4=O)cc3)cn2)n1.Cl. The Labute approximate surface area is 250 Å². The smallest absolute Gasteiger partial charge is 0.227 e. The molecule has 2 aromatic heterocycles. The van der Waals surface area contributed by atoms with Gasteiger partial charge in [-0.2, -0.15) is 0 Å². The molecule has 4 aromatic rings. The number of hydrogen-bond acceptors (Lipinski definition) is 8. The number of carbonyl (C=O) groups excluding carboxylic acids is 1. The topological polar surface area (TPSA) is 110 Å². The molecule has 2 aliphatic rings. The number of ether oxygens (including phenoxy) is 1. The number of carbonyl (C=O) groups is 1. The lowest BCUT2D eigenvalue weighted by Crippen LogP contribution is -2.43. The van der Waals surface area contributed by atoms with Crippen molar-refractivity contribution in [2.24, 2.45) is 5.73 Å². The number of aromatic nitrogens is 3. The molecule has 218 valence electrons. The van der Waals surface area contributed by atoms with Crippen LogP contribution in [0.15, 0.2) is 67.0 Å². The summed E-state index contributed by atoms with van der Waals surface area (Å²) in [6.45, 7) is 2.38. The van der Waals surface area contributed by atoms with Gasteiger partial charge in [0.15, 0.2) is 5.82 Å². The highest BCUT2D eigenvalue weighted by Gasteiger charge is 2.23. The fourth-order valence-corrected chi connectivity index (χ4v) is 5.54. The van der Waals surface area contributed by atoms with E-state index in [0.717, 1.165) is 61.4 Å². The lowest BCUT2D eigenvalue weighted by Gasteiger charge is -2.34. The van der Waals surface area contributed by atoms with Gasteiger partial charge in [-0.15, -0.1) is 12.4 Å². The predicted molar refractivity (Wildman–Crippen MR) is 165 cm³/mol. The van der Waals surface area contributed by atoms with Gasteiger partial charge < -0.3 is 25.6 Å². The Hall–Kier alpha value is -4.28. The second-order valence-electron chi connectivity index (χ2n) is 10.3. The molecule has 0 spiro atoms. The highest BCUT2D eigenvalue weighted by molar-refractivity contribution is 5.95. The van der Waals surface area contributed by atoms with Crippen molar-refractivity contribution < 1.29 is 13.9 Å². The number of amides is 1. The lowest BCUT2D eigenvalue weighted by molar-refractivity contribution is -0.117. The van der Waals surface area contributed by atoms with E-state index in [4.69, 9.17) is 15.5 Å². The average Bonchev–Trinajstić information content (AvgIpc) is 3.43. The van der Waals surface area contributed by atoms with Crippen LogP contribution in [0.5, 0.6) is 5.75 Å². The molecular weight excluding hydrogens is 557 g/mol. The van der Waals surface area contributed by atoms with E-state index in [9.17, 15) is 9.18 Å². The molecule has 6 rings (SSSR count). The monoisotopic (exact) mass is 589 g/mol. The summed E-state index contributed by atoms with van der Waals surface area (Å²) in [5.74, 6) is 1.33. The van der Waals surface area contributed by atoms with Crippen molar-refractivity contribution in [3.05, 3.63) is 72.8 Å². The number of nitrogens with one attached hydrogen (secondary N) is 1. The molecule has 42 heavy (non-hydrogen) atoms. The van der Waals surface area contributed by atoms with Crippen molar-refractivity contribution in [1.29, 1.82) is 0 Å². The second-order valence-corrected chi connectivity index (χ2v) is 10.3. The number of pyridine rings is 1. The molecule has 1 atom stereocenters.